The van der Waals surface area contributed by atoms with Crippen molar-refractivity contribution in [1.29, 1.82) is 0 Å². The van der Waals surface area contributed by atoms with Gasteiger partial charge in [-0.25, -0.2) is 8.42 Å². The van der Waals surface area contributed by atoms with Crippen LogP contribution in [0, 0.1) is 0 Å². The quantitative estimate of drug-likeness (QED) is 0.300. The molecule has 1 unspecified atom stereocenters. The predicted molar refractivity (Wildman–Crippen MR) is 158 cm³/mol. The normalized spacial score (nSPS) is 12.7. The SMILES string of the molecule is CCC(C(=O)NC(C)(C)C)N(Cc1ccc(OC)cc1)C(=O)CN(c1cccc(C(F)(F)F)c1)S(=O)(=O)c1ccccc1. The number of carbonyl (C=O) groups excluding carboxylic acids is 2. The number of hydrogen-bond donors (Lipinski definition) is 1. The van der Waals surface area contributed by atoms with Gasteiger partial charge in [-0.3, -0.25) is 13.9 Å². The van der Waals surface area contributed by atoms with Gasteiger partial charge >= 0.3 is 6.18 Å². The molecule has 0 fully saturated rings. The Bertz CT molecular complexity index is 1510. The lowest BCUT2D eigenvalue weighted by Crippen LogP contribution is -2.55. The van der Waals surface area contributed by atoms with E-state index in [1.54, 1.807) is 58.0 Å². The molecule has 0 saturated carbocycles. The van der Waals surface area contributed by atoms with Gasteiger partial charge in [0.05, 0.1) is 23.3 Å². The molecule has 8 nitrogen and oxygen atoms in total. The summed E-state index contributed by atoms with van der Waals surface area (Å²) in [7, 11) is -3.00. The minimum Gasteiger partial charge on any atom is -0.497 e. The van der Waals surface area contributed by atoms with E-state index in [9.17, 15) is 31.2 Å². The summed E-state index contributed by atoms with van der Waals surface area (Å²) in [6.07, 6.45) is -4.56. The lowest BCUT2D eigenvalue weighted by atomic mass is 10.1. The largest absolute Gasteiger partial charge is 0.497 e. The van der Waals surface area contributed by atoms with Gasteiger partial charge in [-0.2, -0.15) is 13.2 Å². The molecule has 0 saturated heterocycles. The van der Waals surface area contributed by atoms with Crippen LogP contribution in [-0.4, -0.2) is 50.4 Å². The number of anilines is 1. The zero-order chi connectivity index (χ0) is 32.0. The third kappa shape index (κ3) is 8.73. The highest BCUT2D eigenvalue weighted by Gasteiger charge is 2.36. The van der Waals surface area contributed by atoms with Crippen molar-refractivity contribution in [3.05, 3.63) is 90.0 Å². The Balaban J connectivity index is 2.11. The highest BCUT2D eigenvalue weighted by molar-refractivity contribution is 7.92. The highest BCUT2D eigenvalue weighted by atomic mass is 32.2. The number of carbonyl (C=O) groups is 2. The van der Waals surface area contributed by atoms with E-state index in [4.69, 9.17) is 4.74 Å². The van der Waals surface area contributed by atoms with Crippen LogP contribution < -0.4 is 14.4 Å². The van der Waals surface area contributed by atoms with Crippen LogP contribution in [0.15, 0.2) is 83.8 Å². The number of amides is 2. The number of sulfonamides is 1. The van der Waals surface area contributed by atoms with E-state index in [2.05, 4.69) is 5.32 Å². The Morgan fingerprint density at radius 1 is 0.930 bits per heavy atom. The maximum absolute atomic E-state index is 14.1. The maximum Gasteiger partial charge on any atom is 0.416 e. The van der Waals surface area contributed by atoms with Crippen molar-refractivity contribution >= 4 is 27.5 Å². The zero-order valence-electron chi connectivity index (χ0n) is 24.7. The molecule has 0 spiro atoms. The second kappa shape index (κ2) is 13.5. The number of hydrogen-bond acceptors (Lipinski definition) is 5. The summed E-state index contributed by atoms with van der Waals surface area (Å²) in [5, 5.41) is 2.87. The number of alkyl halides is 3. The van der Waals surface area contributed by atoms with Crippen LogP contribution >= 0.6 is 0 Å². The topological polar surface area (TPSA) is 96.0 Å². The van der Waals surface area contributed by atoms with Crippen molar-refractivity contribution in [3.8, 4) is 5.75 Å². The average molecular weight is 620 g/mol. The first-order chi connectivity index (χ1) is 20.1. The second-order valence-electron chi connectivity index (χ2n) is 10.9. The molecule has 3 aromatic rings. The fourth-order valence-electron chi connectivity index (χ4n) is 4.39. The van der Waals surface area contributed by atoms with Gasteiger partial charge in [0.15, 0.2) is 0 Å². The van der Waals surface area contributed by atoms with E-state index in [1.807, 2.05) is 0 Å². The van der Waals surface area contributed by atoms with Crippen LogP contribution in [0.1, 0.15) is 45.2 Å². The van der Waals surface area contributed by atoms with E-state index >= 15 is 0 Å². The molecule has 12 heteroatoms. The third-order valence-corrected chi connectivity index (χ3v) is 8.26. The van der Waals surface area contributed by atoms with Crippen LogP contribution in [0.2, 0.25) is 0 Å². The van der Waals surface area contributed by atoms with Crippen molar-refractivity contribution in [2.75, 3.05) is 18.0 Å². The summed E-state index contributed by atoms with van der Waals surface area (Å²) in [5.41, 5.74) is -1.41. The first-order valence-corrected chi connectivity index (χ1v) is 15.0. The minimum absolute atomic E-state index is 0.0687. The molecule has 43 heavy (non-hydrogen) atoms. The fourth-order valence-corrected chi connectivity index (χ4v) is 5.81. The molecule has 232 valence electrons. The molecule has 0 aliphatic carbocycles. The van der Waals surface area contributed by atoms with E-state index < -0.39 is 51.7 Å². The summed E-state index contributed by atoms with van der Waals surface area (Å²) in [6, 6.07) is 16.7. The van der Waals surface area contributed by atoms with E-state index in [-0.39, 0.29) is 23.5 Å². The molecular formula is C31H36F3N3O5S. The molecule has 0 aliphatic heterocycles. The highest BCUT2D eigenvalue weighted by Crippen LogP contribution is 2.33. The Hall–Kier alpha value is -4.06. The molecule has 1 N–H and O–H groups in total. The van der Waals surface area contributed by atoms with Crippen LogP contribution in [0.3, 0.4) is 0 Å². The van der Waals surface area contributed by atoms with E-state index in [1.165, 1.54) is 42.3 Å². The Morgan fingerprint density at radius 3 is 2.09 bits per heavy atom. The molecule has 0 bridgehead atoms. The Morgan fingerprint density at radius 2 is 1.56 bits per heavy atom. The maximum atomic E-state index is 14.1. The second-order valence-corrected chi connectivity index (χ2v) is 12.8. The summed E-state index contributed by atoms with van der Waals surface area (Å²) in [4.78, 5) is 28.5. The van der Waals surface area contributed by atoms with Gasteiger partial charge < -0.3 is 15.0 Å². The van der Waals surface area contributed by atoms with Crippen molar-refractivity contribution in [1.82, 2.24) is 10.2 Å². The number of halogens is 3. The van der Waals surface area contributed by atoms with Gasteiger partial charge in [0, 0.05) is 12.1 Å². The lowest BCUT2D eigenvalue weighted by molar-refractivity contribution is -0.141. The van der Waals surface area contributed by atoms with Gasteiger partial charge in [0.2, 0.25) is 11.8 Å². The minimum atomic E-state index is -4.75. The van der Waals surface area contributed by atoms with Gasteiger partial charge in [-0.05, 0) is 75.2 Å². The number of rotatable bonds is 11. The van der Waals surface area contributed by atoms with Crippen molar-refractivity contribution in [3.63, 3.8) is 0 Å². The van der Waals surface area contributed by atoms with Crippen LogP contribution in [0.25, 0.3) is 0 Å². The van der Waals surface area contributed by atoms with Crippen molar-refractivity contribution in [2.24, 2.45) is 0 Å². The summed E-state index contributed by atoms with van der Waals surface area (Å²) in [5.74, 6) is -0.652. The fraction of sp³-hybridized carbons (Fsp3) is 0.355. The van der Waals surface area contributed by atoms with Crippen LogP contribution in [0.4, 0.5) is 18.9 Å². The number of benzene rings is 3. The smallest absolute Gasteiger partial charge is 0.416 e. The molecule has 1 atom stereocenters. The lowest BCUT2D eigenvalue weighted by Gasteiger charge is -2.35. The average Bonchev–Trinajstić information content (AvgIpc) is 2.95. The third-order valence-electron chi connectivity index (χ3n) is 6.47. The monoisotopic (exact) mass is 619 g/mol. The standard InChI is InChI=1S/C31H36F3N3O5S/c1-6-27(29(39)35-30(2,3)4)36(20-22-15-17-25(42-5)18-16-22)28(38)21-37(43(40,41)26-13-8-7-9-14-26)24-12-10-11-23(19-24)31(32,33)34/h7-19,27H,6,20-21H2,1-5H3,(H,35,39). The zero-order valence-corrected chi connectivity index (χ0v) is 25.5. The van der Waals surface area contributed by atoms with E-state index in [0.29, 0.717) is 21.7 Å². The number of nitrogens with one attached hydrogen (secondary N) is 1. The van der Waals surface area contributed by atoms with Crippen LogP contribution in [0.5, 0.6) is 5.75 Å². The van der Waals surface area contributed by atoms with Crippen LogP contribution in [-0.2, 0) is 32.3 Å². The van der Waals surface area contributed by atoms with Gasteiger partial charge in [-0.15, -0.1) is 0 Å². The Kier molecular flexibility index (Phi) is 10.5. The van der Waals surface area contributed by atoms with Crippen molar-refractivity contribution in [2.45, 2.75) is 63.3 Å². The summed E-state index contributed by atoms with van der Waals surface area (Å²) in [6.45, 7) is 6.15. The number of methoxy groups -OCH3 is 1. The summed E-state index contributed by atoms with van der Waals surface area (Å²) >= 11 is 0. The molecular weight excluding hydrogens is 583 g/mol. The number of nitrogens with zero attached hydrogens (tertiary/aromatic N) is 2. The molecule has 0 aliphatic rings. The molecule has 0 heterocycles. The summed E-state index contributed by atoms with van der Waals surface area (Å²) < 4.78 is 74.3. The molecule has 0 radical (unpaired) electrons. The van der Waals surface area contributed by atoms with Gasteiger partial charge in [-0.1, -0.05) is 43.3 Å². The van der Waals surface area contributed by atoms with Gasteiger partial charge in [0.25, 0.3) is 10.0 Å². The first-order valence-electron chi connectivity index (χ1n) is 13.6. The van der Waals surface area contributed by atoms with Crippen molar-refractivity contribution < 1.29 is 35.9 Å². The molecule has 0 aromatic heterocycles. The Labute approximate surface area is 250 Å². The molecule has 3 aromatic carbocycles. The van der Waals surface area contributed by atoms with E-state index in [0.717, 1.165) is 12.1 Å². The first kappa shape index (κ1) is 33.4. The molecule has 3 rings (SSSR count). The molecule has 2 amide bonds. The van der Waals surface area contributed by atoms with Gasteiger partial charge in [0.1, 0.15) is 18.3 Å². The number of ether oxygens (including phenoxy) is 1. The predicted octanol–water partition coefficient (Wildman–Crippen LogP) is 5.63.